The number of pyridine rings is 1. The Kier molecular flexibility index (Phi) is 3.61. The summed E-state index contributed by atoms with van der Waals surface area (Å²) in [5.74, 6) is 0. The standard InChI is InChI=1S/C11H15N3/c1-11(2,8-12)9-14-7-10-3-5-13-6-4-10/h3-6,14H,7,9H2,1-2H3. The van der Waals surface area contributed by atoms with E-state index in [9.17, 15) is 0 Å². The molecule has 0 aliphatic carbocycles. The minimum Gasteiger partial charge on any atom is -0.311 e. The van der Waals surface area contributed by atoms with Crippen LogP contribution in [0.3, 0.4) is 0 Å². The molecule has 1 aromatic rings. The zero-order chi connectivity index (χ0) is 10.4. The van der Waals surface area contributed by atoms with E-state index in [4.69, 9.17) is 5.26 Å². The van der Waals surface area contributed by atoms with Gasteiger partial charge in [0.15, 0.2) is 0 Å². The first kappa shape index (κ1) is 10.7. The Hall–Kier alpha value is -1.40. The van der Waals surface area contributed by atoms with E-state index < -0.39 is 0 Å². The Labute approximate surface area is 84.8 Å². The summed E-state index contributed by atoms with van der Waals surface area (Å²) in [7, 11) is 0. The third kappa shape index (κ3) is 3.55. The van der Waals surface area contributed by atoms with Gasteiger partial charge in [0.1, 0.15) is 0 Å². The maximum absolute atomic E-state index is 8.79. The summed E-state index contributed by atoms with van der Waals surface area (Å²) in [5, 5.41) is 12.0. The van der Waals surface area contributed by atoms with Gasteiger partial charge in [-0.1, -0.05) is 0 Å². The Balaban J connectivity index is 2.34. The van der Waals surface area contributed by atoms with Crippen LogP contribution in [0, 0.1) is 16.7 Å². The van der Waals surface area contributed by atoms with Gasteiger partial charge in [-0.2, -0.15) is 5.26 Å². The molecule has 1 rings (SSSR count). The first-order valence-electron chi connectivity index (χ1n) is 4.65. The lowest BCUT2D eigenvalue weighted by atomic mass is 9.96. The third-order valence-corrected chi connectivity index (χ3v) is 1.95. The summed E-state index contributed by atoms with van der Waals surface area (Å²) >= 11 is 0. The van der Waals surface area contributed by atoms with Gasteiger partial charge in [0.05, 0.1) is 11.5 Å². The van der Waals surface area contributed by atoms with Crippen LogP contribution >= 0.6 is 0 Å². The molecule has 3 nitrogen and oxygen atoms in total. The first-order valence-corrected chi connectivity index (χ1v) is 4.65. The zero-order valence-corrected chi connectivity index (χ0v) is 8.62. The van der Waals surface area contributed by atoms with Crippen LogP contribution in [-0.2, 0) is 6.54 Å². The molecule has 0 aliphatic rings. The summed E-state index contributed by atoms with van der Waals surface area (Å²) in [5.41, 5.74) is 0.890. The minimum absolute atomic E-state index is 0.299. The molecule has 14 heavy (non-hydrogen) atoms. The third-order valence-electron chi connectivity index (χ3n) is 1.95. The van der Waals surface area contributed by atoms with Gasteiger partial charge < -0.3 is 5.32 Å². The molecule has 0 unspecified atom stereocenters. The Morgan fingerprint density at radius 3 is 2.64 bits per heavy atom. The second kappa shape index (κ2) is 4.73. The molecule has 0 atom stereocenters. The molecule has 0 saturated carbocycles. The molecule has 0 fully saturated rings. The SMILES string of the molecule is CC(C)(C#N)CNCc1ccncc1. The summed E-state index contributed by atoms with van der Waals surface area (Å²) in [6.07, 6.45) is 3.54. The average molecular weight is 189 g/mol. The number of nitrogens with zero attached hydrogens (tertiary/aromatic N) is 2. The normalized spacial score (nSPS) is 10.9. The van der Waals surface area contributed by atoms with Crippen molar-refractivity contribution in [2.45, 2.75) is 20.4 Å². The molecule has 0 saturated heterocycles. The summed E-state index contributed by atoms with van der Waals surface area (Å²) in [6.45, 7) is 5.33. The van der Waals surface area contributed by atoms with Gasteiger partial charge in [-0.3, -0.25) is 4.98 Å². The molecule has 1 N–H and O–H groups in total. The van der Waals surface area contributed by atoms with Crippen LogP contribution in [0.5, 0.6) is 0 Å². The molecule has 0 spiro atoms. The fraction of sp³-hybridized carbons (Fsp3) is 0.455. The first-order chi connectivity index (χ1) is 6.64. The predicted octanol–water partition coefficient (Wildman–Crippen LogP) is 1.72. The highest BCUT2D eigenvalue weighted by Gasteiger charge is 2.15. The molecule has 74 valence electrons. The monoisotopic (exact) mass is 189 g/mol. The highest BCUT2D eigenvalue weighted by Crippen LogP contribution is 2.10. The van der Waals surface area contributed by atoms with Gasteiger partial charge in [0, 0.05) is 25.5 Å². The number of nitrogens with one attached hydrogen (secondary N) is 1. The molecule has 0 aliphatic heterocycles. The molecule has 1 aromatic heterocycles. The lowest BCUT2D eigenvalue weighted by Gasteiger charge is -2.15. The molecule has 0 radical (unpaired) electrons. The summed E-state index contributed by atoms with van der Waals surface area (Å²) < 4.78 is 0. The van der Waals surface area contributed by atoms with E-state index in [1.807, 2.05) is 26.0 Å². The maximum atomic E-state index is 8.79. The molecule has 0 aromatic carbocycles. The van der Waals surface area contributed by atoms with Crippen LogP contribution < -0.4 is 5.32 Å². The van der Waals surface area contributed by atoms with Gasteiger partial charge in [-0.05, 0) is 31.5 Å². The predicted molar refractivity (Wildman–Crippen MR) is 55.3 cm³/mol. The lowest BCUT2D eigenvalue weighted by Crippen LogP contribution is -2.27. The molecule has 0 bridgehead atoms. The van der Waals surface area contributed by atoms with Gasteiger partial charge in [-0.25, -0.2) is 0 Å². The highest BCUT2D eigenvalue weighted by molar-refractivity contribution is 5.09. The van der Waals surface area contributed by atoms with Crippen molar-refractivity contribution in [2.24, 2.45) is 5.41 Å². The van der Waals surface area contributed by atoms with E-state index in [0.717, 1.165) is 6.54 Å². The second-order valence-corrected chi connectivity index (χ2v) is 3.95. The van der Waals surface area contributed by atoms with Crippen LogP contribution in [0.1, 0.15) is 19.4 Å². The van der Waals surface area contributed by atoms with Crippen molar-refractivity contribution >= 4 is 0 Å². The quantitative estimate of drug-likeness (QED) is 0.784. The summed E-state index contributed by atoms with van der Waals surface area (Å²) in [6, 6.07) is 6.18. The minimum atomic E-state index is -0.299. The van der Waals surface area contributed by atoms with Crippen molar-refractivity contribution in [1.29, 1.82) is 5.26 Å². The van der Waals surface area contributed by atoms with E-state index >= 15 is 0 Å². The average Bonchev–Trinajstić information content (AvgIpc) is 2.19. The van der Waals surface area contributed by atoms with Gasteiger partial charge in [0.25, 0.3) is 0 Å². The van der Waals surface area contributed by atoms with Crippen LogP contribution in [0.2, 0.25) is 0 Å². The van der Waals surface area contributed by atoms with Crippen LogP contribution in [0.15, 0.2) is 24.5 Å². The Morgan fingerprint density at radius 1 is 1.43 bits per heavy atom. The number of hydrogen-bond donors (Lipinski definition) is 1. The van der Waals surface area contributed by atoms with Crippen LogP contribution in [-0.4, -0.2) is 11.5 Å². The van der Waals surface area contributed by atoms with Crippen molar-refractivity contribution in [3.05, 3.63) is 30.1 Å². The van der Waals surface area contributed by atoms with E-state index in [2.05, 4.69) is 16.4 Å². The Bertz CT molecular complexity index is 311. The van der Waals surface area contributed by atoms with Crippen molar-refractivity contribution < 1.29 is 0 Å². The van der Waals surface area contributed by atoms with Gasteiger partial charge in [-0.15, -0.1) is 0 Å². The molecular weight excluding hydrogens is 174 g/mol. The smallest absolute Gasteiger partial charge is 0.0697 e. The van der Waals surface area contributed by atoms with E-state index in [-0.39, 0.29) is 5.41 Å². The lowest BCUT2D eigenvalue weighted by molar-refractivity contribution is 0.445. The number of aromatic nitrogens is 1. The molecule has 0 amide bonds. The Morgan fingerprint density at radius 2 is 2.07 bits per heavy atom. The molecule has 3 heteroatoms. The number of rotatable bonds is 4. The van der Waals surface area contributed by atoms with Crippen LogP contribution in [0.25, 0.3) is 0 Å². The summed E-state index contributed by atoms with van der Waals surface area (Å²) in [4.78, 5) is 3.94. The van der Waals surface area contributed by atoms with Gasteiger partial charge in [0.2, 0.25) is 0 Å². The van der Waals surface area contributed by atoms with E-state index in [1.54, 1.807) is 12.4 Å². The van der Waals surface area contributed by atoms with Crippen molar-refractivity contribution in [3.63, 3.8) is 0 Å². The second-order valence-electron chi connectivity index (χ2n) is 3.95. The van der Waals surface area contributed by atoms with E-state index in [0.29, 0.717) is 6.54 Å². The van der Waals surface area contributed by atoms with Crippen molar-refractivity contribution in [1.82, 2.24) is 10.3 Å². The number of hydrogen-bond acceptors (Lipinski definition) is 3. The fourth-order valence-electron chi connectivity index (χ4n) is 1.06. The molecule has 1 heterocycles. The topological polar surface area (TPSA) is 48.7 Å². The van der Waals surface area contributed by atoms with Crippen LogP contribution in [0.4, 0.5) is 0 Å². The van der Waals surface area contributed by atoms with Crippen molar-refractivity contribution in [3.8, 4) is 6.07 Å². The maximum Gasteiger partial charge on any atom is 0.0697 e. The van der Waals surface area contributed by atoms with Crippen molar-refractivity contribution in [2.75, 3.05) is 6.54 Å². The number of nitriles is 1. The molecular formula is C11H15N3. The fourth-order valence-corrected chi connectivity index (χ4v) is 1.06. The van der Waals surface area contributed by atoms with Gasteiger partial charge >= 0.3 is 0 Å². The van der Waals surface area contributed by atoms with E-state index in [1.165, 1.54) is 5.56 Å². The zero-order valence-electron chi connectivity index (χ0n) is 8.62. The largest absolute Gasteiger partial charge is 0.311 e. The highest BCUT2D eigenvalue weighted by atomic mass is 14.9.